The van der Waals surface area contributed by atoms with Crippen LogP contribution in [-0.4, -0.2) is 52.9 Å². The highest BCUT2D eigenvalue weighted by Crippen LogP contribution is 2.13. The van der Waals surface area contributed by atoms with Gasteiger partial charge >= 0.3 is 0 Å². The highest BCUT2D eigenvalue weighted by Gasteiger charge is 2.18. The summed E-state index contributed by atoms with van der Waals surface area (Å²) in [7, 11) is -1.90. The Balaban J connectivity index is 0.00000264. The summed E-state index contributed by atoms with van der Waals surface area (Å²) in [6.07, 6.45) is 2.00. The number of nitrogens with one attached hydrogen (secondary N) is 2. The standard InChI is InChI=1S/C15H22N2O4S.ClH/c1-21-9-10-22(19,20)14-6-4-12(5-7-14)15(18)17-13-3-2-8-16-11-13;/h4-7,13,16H,2-3,8-11H2,1H3,(H,17,18);1H/t13-;/m0./s1. The number of methoxy groups -OCH3 is 1. The highest BCUT2D eigenvalue weighted by molar-refractivity contribution is 7.91. The van der Waals surface area contributed by atoms with Crippen molar-refractivity contribution in [2.24, 2.45) is 0 Å². The first-order valence-electron chi connectivity index (χ1n) is 7.36. The van der Waals surface area contributed by atoms with Crippen LogP contribution < -0.4 is 10.6 Å². The first kappa shape index (κ1) is 19.9. The minimum Gasteiger partial charge on any atom is -0.384 e. The van der Waals surface area contributed by atoms with E-state index in [9.17, 15) is 13.2 Å². The summed E-state index contributed by atoms with van der Waals surface area (Å²) in [5, 5.41) is 6.19. The molecule has 0 saturated carbocycles. The van der Waals surface area contributed by atoms with Gasteiger partial charge in [0.15, 0.2) is 9.84 Å². The number of hydrogen-bond donors (Lipinski definition) is 2. The zero-order valence-corrected chi connectivity index (χ0v) is 14.7. The molecule has 0 unspecified atom stereocenters. The van der Waals surface area contributed by atoms with Gasteiger partial charge in [0.05, 0.1) is 17.3 Å². The molecule has 6 nitrogen and oxygen atoms in total. The van der Waals surface area contributed by atoms with Gasteiger partial charge in [0.1, 0.15) is 0 Å². The number of ether oxygens (including phenoxy) is 1. The second-order valence-corrected chi connectivity index (χ2v) is 7.46. The topological polar surface area (TPSA) is 84.5 Å². The molecule has 1 aliphatic heterocycles. The van der Waals surface area contributed by atoms with E-state index >= 15 is 0 Å². The molecule has 0 aromatic heterocycles. The quantitative estimate of drug-likeness (QED) is 0.789. The number of rotatable bonds is 6. The minimum absolute atomic E-state index is 0. The van der Waals surface area contributed by atoms with E-state index in [4.69, 9.17) is 4.74 Å². The summed E-state index contributed by atoms with van der Waals surface area (Å²) in [4.78, 5) is 12.3. The van der Waals surface area contributed by atoms with Crippen molar-refractivity contribution in [1.29, 1.82) is 0 Å². The number of carbonyl (C=O) groups excluding carboxylic acids is 1. The van der Waals surface area contributed by atoms with Gasteiger partial charge in [-0.1, -0.05) is 0 Å². The van der Waals surface area contributed by atoms with Crippen molar-refractivity contribution in [1.82, 2.24) is 10.6 Å². The zero-order valence-electron chi connectivity index (χ0n) is 13.1. The summed E-state index contributed by atoms with van der Waals surface area (Å²) in [6.45, 7) is 1.91. The number of benzene rings is 1. The van der Waals surface area contributed by atoms with E-state index in [1.807, 2.05) is 0 Å². The van der Waals surface area contributed by atoms with Gasteiger partial charge in [0, 0.05) is 25.3 Å². The number of hydrogen-bond acceptors (Lipinski definition) is 5. The fourth-order valence-corrected chi connectivity index (χ4v) is 3.54. The zero-order chi connectivity index (χ0) is 16.0. The van der Waals surface area contributed by atoms with Gasteiger partial charge in [-0.15, -0.1) is 12.4 Å². The van der Waals surface area contributed by atoms with Crippen molar-refractivity contribution >= 4 is 28.2 Å². The lowest BCUT2D eigenvalue weighted by atomic mass is 10.1. The van der Waals surface area contributed by atoms with E-state index in [0.29, 0.717) is 5.56 Å². The van der Waals surface area contributed by atoms with Crippen LogP contribution in [0.15, 0.2) is 29.2 Å². The summed E-state index contributed by atoms with van der Waals surface area (Å²) < 4.78 is 28.8. The van der Waals surface area contributed by atoms with E-state index in [1.165, 1.54) is 19.2 Å². The normalized spacial score (nSPS) is 18.0. The number of sulfone groups is 1. The average molecular weight is 363 g/mol. The van der Waals surface area contributed by atoms with Crippen LogP contribution in [0.4, 0.5) is 0 Å². The Morgan fingerprint density at radius 3 is 2.61 bits per heavy atom. The summed E-state index contributed by atoms with van der Waals surface area (Å²) in [6, 6.07) is 6.17. The monoisotopic (exact) mass is 362 g/mol. The molecule has 0 spiro atoms. The third-order valence-corrected chi connectivity index (χ3v) is 5.36. The maximum absolute atomic E-state index is 12.1. The number of piperidine rings is 1. The minimum atomic E-state index is -3.36. The lowest BCUT2D eigenvalue weighted by Crippen LogP contribution is -2.45. The van der Waals surface area contributed by atoms with Crippen LogP contribution >= 0.6 is 12.4 Å². The Hall–Kier alpha value is -1.15. The van der Waals surface area contributed by atoms with Crippen molar-refractivity contribution < 1.29 is 17.9 Å². The predicted molar refractivity (Wildman–Crippen MR) is 91.0 cm³/mol. The molecule has 1 aromatic carbocycles. The maximum Gasteiger partial charge on any atom is 0.251 e. The molecule has 2 rings (SSSR count). The second kappa shape index (κ2) is 9.22. The molecule has 1 amide bonds. The second-order valence-electron chi connectivity index (χ2n) is 5.35. The van der Waals surface area contributed by atoms with Crippen molar-refractivity contribution in [3.63, 3.8) is 0 Å². The molecule has 1 atom stereocenters. The first-order valence-corrected chi connectivity index (χ1v) is 9.01. The fourth-order valence-electron chi connectivity index (χ4n) is 2.37. The highest BCUT2D eigenvalue weighted by atomic mass is 35.5. The number of amides is 1. The number of carbonyl (C=O) groups is 1. The molecule has 0 radical (unpaired) electrons. The molecule has 1 aromatic rings. The van der Waals surface area contributed by atoms with E-state index in [1.54, 1.807) is 12.1 Å². The van der Waals surface area contributed by atoms with Crippen molar-refractivity contribution in [3.8, 4) is 0 Å². The van der Waals surface area contributed by atoms with E-state index in [-0.39, 0.29) is 41.6 Å². The Morgan fingerprint density at radius 1 is 1.35 bits per heavy atom. The number of halogens is 1. The molecule has 2 N–H and O–H groups in total. The van der Waals surface area contributed by atoms with Gasteiger partial charge in [0.25, 0.3) is 5.91 Å². The largest absolute Gasteiger partial charge is 0.384 e. The maximum atomic E-state index is 12.1. The Kier molecular flexibility index (Phi) is 7.98. The Bertz CT molecular complexity index is 598. The molecule has 8 heteroatoms. The van der Waals surface area contributed by atoms with Crippen LogP contribution in [0.25, 0.3) is 0 Å². The van der Waals surface area contributed by atoms with Crippen molar-refractivity contribution in [2.45, 2.75) is 23.8 Å². The van der Waals surface area contributed by atoms with Crippen molar-refractivity contribution in [3.05, 3.63) is 29.8 Å². The molecular weight excluding hydrogens is 340 g/mol. The predicted octanol–water partition coefficient (Wildman–Crippen LogP) is 1.01. The lowest BCUT2D eigenvalue weighted by molar-refractivity contribution is 0.0930. The Labute approximate surface area is 143 Å². The summed E-state index contributed by atoms with van der Waals surface area (Å²) >= 11 is 0. The molecule has 0 aliphatic carbocycles. The van der Waals surface area contributed by atoms with Crippen LogP contribution in [-0.2, 0) is 14.6 Å². The molecule has 23 heavy (non-hydrogen) atoms. The van der Waals surface area contributed by atoms with Crippen molar-refractivity contribution in [2.75, 3.05) is 32.6 Å². The van der Waals surface area contributed by atoms with Gasteiger partial charge in [-0.25, -0.2) is 8.42 Å². The smallest absolute Gasteiger partial charge is 0.251 e. The first-order chi connectivity index (χ1) is 10.5. The van der Waals surface area contributed by atoms with Gasteiger partial charge < -0.3 is 15.4 Å². The molecule has 130 valence electrons. The molecular formula is C15H23ClN2O4S. The van der Waals surface area contributed by atoms with Crippen LogP contribution in [0.1, 0.15) is 23.2 Å². The molecule has 1 fully saturated rings. The summed E-state index contributed by atoms with van der Waals surface area (Å²) in [5.41, 5.74) is 0.469. The molecule has 0 bridgehead atoms. The van der Waals surface area contributed by atoms with Gasteiger partial charge in [-0.2, -0.15) is 0 Å². The third kappa shape index (κ3) is 5.76. The lowest BCUT2D eigenvalue weighted by Gasteiger charge is -2.23. The van der Waals surface area contributed by atoms with E-state index in [2.05, 4.69) is 10.6 Å². The van der Waals surface area contributed by atoms with Crippen LogP contribution in [0.5, 0.6) is 0 Å². The summed E-state index contributed by atoms with van der Waals surface area (Å²) in [5.74, 6) is -0.238. The van der Waals surface area contributed by atoms with Gasteiger partial charge in [-0.3, -0.25) is 4.79 Å². The van der Waals surface area contributed by atoms with Crippen LogP contribution in [0.3, 0.4) is 0 Å². The molecule has 1 aliphatic rings. The third-order valence-electron chi connectivity index (χ3n) is 3.66. The SMILES string of the molecule is COCCS(=O)(=O)c1ccc(C(=O)N[C@H]2CCCNC2)cc1.Cl. The van der Waals surface area contributed by atoms with Gasteiger partial charge in [-0.05, 0) is 43.7 Å². The molecule has 1 heterocycles. The van der Waals surface area contributed by atoms with Gasteiger partial charge in [0.2, 0.25) is 0 Å². The van der Waals surface area contributed by atoms with E-state index < -0.39 is 9.84 Å². The van der Waals surface area contributed by atoms with Crippen LogP contribution in [0.2, 0.25) is 0 Å². The molecule has 1 saturated heterocycles. The fraction of sp³-hybridized carbons (Fsp3) is 0.533. The van der Waals surface area contributed by atoms with Crippen LogP contribution in [0, 0.1) is 0 Å². The average Bonchev–Trinajstić information content (AvgIpc) is 2.54. The van der Waals surface area contributed by atoms with E-state index in [0.717, 1.165) is 25.9 Å². The Morgan fingerprint density at radius 2 is 2.04 bits per heavy atom.